The average molecular weight is 293 g/mol. The normalized spacial score (nSPS) is 20.6. The van der Waals surface area contributed by atoms with Gasteiger partial charge in [0.2, 0.25) is 5.91 Å². The second-order valence-corrected chi connectivity index (χ2v) is 5.88. The van der Waals surface area contributed by atoms with Crippen LogP contribution in [-0.4, -0.2) is 41.4 Å². The predicted molar refractivity (Wildman–Crippen MR) is 84.3 cm³/mol. The van der Waals surface area contributed by atoms with E-state index in [-0.39, 0.29) is 12.5 Å². The van der Waals surface area contributed by atoms with Crippen LogP contribution < -0.4 is 16.0 Å². The summed E-state index contributed by atoms with van der Waals surface area (Å²) < 4.78 is 1.65. The van der Waals surface area contributed by atoms with Gasteiger partial charge in [0.1, 0.15) is 6.54 Å². The number of hydrogen-bond acceptors (Lipinski definition) is 4. The number of nitrogens with zero attached hydrogens (tertiary/aromatic N) is 2. The van der Waals surface area contributed by atoms with Crippen LogP contribution in [0.5, 0.6) is 0 Å². The number of amides is 1. The number of likely N-dealkylation sites (N-methyl/N-ethyl adjacent to an activating group) is 1. The highest BCUT2D eigenvalue weighted by Gasteiger charge is 2.15. The molecule has 2 heterocycles. The highest BCUT2D eigenvalue weighted by atomic mass is 16.1. The van der Waals surface area contributed by atoms with E-state index in [0.717, 1.165) is 18.7 Å². The molecule has 0 aliphatic carbocycles. The van der Waals surface area contributed by atoms with E-state index in [1.807, 2.05) is 6.20 Å². The van der Waals surface area contributed by atoms with Crippen LogP contribution in [0.3, 0.4) is 0 Å². The van der Waals surface area contributed by atoms with E-state index in [0.29, 0.717) is 12.1 Å². The Morgan fingerprint density at radius 2 is 2.38 bits per heavy atom. The zero-order valence-corrected chi connectivity index (χ0v) is 13.1. The molecule has 6 nitrogen and oxygen atoms in total. The minimum Gasteiger partial charge on any atom is -0.380 e. The molecule has 0 saturated carbocycles. The molecule has 1 aromatic rings. The van der Waals surface area contributed by atoms with Gasteiger partial charge in [0.25, 0.3) is 0 Å². The fourth-order valence-electron chi connectivity index (χ4n) is 2.82. The van der Waals surface area contributed by atoms with E-state index >= 15 is 0 Å². The smallest absolute Gasteiger partial charge is 0.241 e. The Bertz CT molecular complexity index is 437. The minimum atomic E-state index is -0.0413. The quantitative estimate of drug-likeness (QED) is 0.740. The molecule has 118 valence electrons. The molecule has 0 bridgehead atoms. The maximum absolute atomic E-state index is 11.3. The summed E-state index contributed by atoms with van der Waals surface area (Å²) in [5, 5.41) is 13.9. The fourth-order valence-corrected chi connectivity index (χ4v) is 2.82. The second-order valence-electron chi connectivity index (χ2n) is 5.88. The molecule has 1 saturated heterocycles. The molecule has 3 N–H and O–H groups in total. The third-order valence-electron chi connectivity index (χ3n) is 3.93. The van der Waals surface area contributed by atoms with Gasteiger partial charge >= 0.3 is 0 Å². The van der Waals surface area contributed by atoms with Crippen molar-refractivity contribution in [2.75, 3.05) is 18.9 Å². The van der Waals surface area contributed by atoms with Crippen molar-refractivity contribution in [3.63, 3.8) is 0 Å². The van der Waals surface area contributed by atoms with Crippen molar-refractivity contribution in [3.8, 4) is 0 Å². The number of carbonyl (C=O) groups is 1. The van der Waals surface area contributed by atoms with Crippen LogP contribution in [0.4, 0.5) is 5.69 Å². The molecule has 0 spiro atoms. The fraction of sp³-hybridized carbons (Fsp3) is 0.733. The molecular weight excluding hydrogens is 266 g/mol. The Kier molecular flexibility index (Phi) is 6.04. The first-order valence-corrected chi connectivity index (χ1v) is 7.90. The number of carbonyl (C=O) groups excluding carboxylic acids is 1. The molecule has 0 radical (unpaired) electrons. The predicted octanol–water partition coefficient (Wildman–Crippen LogP) is 1.35. The van der Waals surface area contributed by atoms with Crippen LogP contribution in [-0.2, 0) is 11.3 Å². The van der Waals surface area contributed by atoms with E-state index in [4.69, 9.17) is 0 Å². The maximum Gasteiger partial charge on any atom is 0.241 e. The van der Waals surface area contributed by atoms with Gasteiger partial charge in [-0.05, 0) is 32.7 Å². The van der Waals surface area contributed by atoms with Crippen LogP contribution in [0.15, 0.2) is 12.4 Å². The van der Waals surface area contributed by atoms with Gasteiger partial charge in [-0.1, -0.05) is 12.8 Å². The van der Waals surface area contributed by atoms with E-state index in [9.17, 15) is 4.79 Å². The Labute approximate surface area is 126 Å². The molecule has 1 amide bonds. The standard InChI is InChI=1S/C15H27N5O/c1-12(8-13-6-4-3-5-7-17-13)19-14-9-18-20(10-14)11-15(21)16-2/h9-10,12-13,17,19H,3-8,11H2,1-2H3,(H,16,21). The van der Waals surface area contributed by atoms with Gasteiger partial charge in [0.05, 0.1) is 11.9 Å². The highest BCUT2D eigenvalue weighted by Crippen LogP contribution is 2.15. The largest absolute Gasteiger partial charge is 0.380 e. The van der Waals surface area contributed by atoms with Crippen LogP contribution in [0.2, 0.25) is 0 Å². The summed E-state index contributed by atoms with van der Waals surface area (Å²) >= 11 is 0. The minimum absolute atomic E-state index is 0.0413. The molecule has 1 aliphatic rings. The molecule has 0 aromatic carbocycles. The van der Waals surface area contributed by atoms with Crippen LogP contribution in [0.25, 0.3) is 0 Å². The lowest BCUT2D eigenvalue weighted by molar-refractivity contribution is -0.121. The molecule has 2 atom stereocenters. The third kappa shape index (κ3) is 5.38. The Morgan fingerprint density at radius 3 is 3.19 bits per heavy atom. The molecular formula is C15H27N5O. The number of anilines is 1. The summed E-state index contributed by atoms with van der Waals surface area (Å²) in [6, 6.07) is 0.995. The number of hydrogen-bond donors (Lipinski definition) is 3. The third-order valence-corrected chi connectivity index (χ3v) is 3.93. The first-order valence-electron chi connectivity index (χ1n) is 7.90. The van der Waals surface area contributed by atoms with E-state index in [1.165, 1.54) is 25.7 Å². The van der Waals surface area contributed by atoms with Gasteiger partial charge < -0.3 is 16.0 Å². The summed E-state index contributed by atoms with van der Waals surface area (Å²) in [5.74, 6) is -0.0413. The second kappa shape index (κ2) is 8.02. The SMILES string of the molecule is CNC(=O)Cn1cc(NC(C)CC2CCCCCN2)cn1. The average Bonchev–Trinajstić information content (AvgIpc) is 2.72. The van der Waals surface area contributed by atoms with Crippen molar-refractivity contribution < 1.29 is 4.79 Å². The van der Waals surface area contributed by atoms with Crippen molar-refractivity contribution in [3.05, 3.63) is 12.4 Å². The molecule has 1 aromatic heterocycles. The van der Waals surface area contributed by atoms with Crippen molar-refractivity contribution >= 4 is 11.6 Å². The van der Waals surface area contributed by atoms with Gasteiger partial charge in [-0.3, -0.25) is 9.48 Å². The van der Waals surface area contributed by atoms with Crippen molar-refractivity contribution in [2.24, 2.45) is 0 Å². The first-order chi connectivity index (χ1) is 10.2. The molecule has 1 fully saturated rings. The van der Waals surface area contributed by atoms with Gasteiger partial charge in [-0.15, -0.1) is 0 Å². The summed E-state index contributed by atoms with van der Waals surface area (Å²) in [5.41, 5.74) is 0.972. The zero-order valence-electron chi connectivity index (χ0n) is 13.1. The van der Waals surface area contributed by atoms with Crippen molar-refractivity contribution in [1.82, 2.24) is 20.4 Å². The van der Waals surface area contributed by atoms with Crippen LogP contribution in [0.1, 0.15) is 39.0 Å². The number of rotatable bonds is 6. The summed E-state index contributed by atoms with van der Waals surface area (Å²) in [6.07, 6.45) is 10.0. The van der Waals surface area contributed by atoms with E-state index in [1.54, 1.807) is 17.9 Å². The monoisotopic (exact) mass is 293 g/mol. The summed E-state index contributed by atoms with van der Waals surface area (Å²) in [4.78, 5) is 11.3. The summed E-state index contributed by atoms with van der Waals surface area (Å²) in [6.45, 7) is 3.60. The summed E-state index contributed by atoms with van der Waals surface area (Å²) in [7, 11) is 1.63. The molecule has 1 aliphatic heterocycles. The van der Waals surface area contributed by atoms with Crippen LogP contribution >= 0.6 is 0 Å². The maximum atomic E-state index is 11.3. The zero-order chi connectivity index (χ0) is 15.1. The van der Waals surface area contributed by atoms with E-state index in [2.05, 4.69) is 28.0 Å². The van der Waals surface area contributed by atoms with Gasteiger partial charge in [-0.2, -0.15) is 5.10 Å². The lowest BCUT2D eigenvalue weighted by atomic mass is 10.0. The van der Waals surface area contributed by atoms with E-state index < -0.39 is 0 Å². The first kappa shape index (κ1) is 15.8. The molecule has 2 unspecified atom stereocenters. The van der Waals surface area contributed by atoms with Crippen LogP contribution in [0, 0.1) is 0 Å². The lowest BCUT2D eigenvalue weighted by Gasteiger charge is -2.21. The van der Waals surface area contributed by atoms with Crippen molar-refractivity contribution in [1.29, 1.82) is 0 Å². The number of nitrogens with one attached hydrogen (secondary N) is 3. The van der Waals surface area contributed by atoms with Gasteiger partial charge in [-0.25, -0.2) is 0 Å². The van der Waals surface area contributed by atoms with Gasteiger partial charge in [0, 0.05) is 25.3 Å². The Hall–Kier alpha value is -1.56. The Balaban J connectivity index is 1.79. The molecule has 2 rings (SSSR count). The molecule has 21 heavy (non-hydrogen) atoms. The number of aromatic nitrogens is 2. The highest BCUT2D eigenvalue weighted by molar-refractivity contribution is 5.75. The Morgan fingerprint density at radius 1 is 1.52 bits per heavy atom. The van der Waals surface area contributed by atoms with Gasteiger partial charge in [0.15, 0.2) is 0 Å². The molecule has 6 heteroatoms. The topological polar surface area (TPSA) is 71.0 Å². The lowest BCUT2D eigenvalue weighted by Crippen LogP contribution is -2.33. The van der Waals surface area contributed by atoms with Crippen molar-refractivity contribution in [2.45, 2.75) is 57.7 Å².